The SMILES string of the molecule is Cc1nc2ccc(CN3CCCCC3C(C)N)cc2s1. The van der Waals surface area contributed by atoms with Crippen molar-refractivity contribution in [2.24, 2.45) is 5.73 Å². The van der Waals surface area contributed by atoms with Crippen LogP contribution in [0.4, 0.5) is 0 Å². The normalized spacial score (nSPS) is 22.2. The van der Waals surface area contributed by atoms with E-state index < -0.39 is 0 Å². The number of aryl methyl sites for hydroxylation is 1. The summed E-state index contributed by atoms with van der Waals surface area (Å²) in [6, 6.07) is 7.45. The fraction of sp³-hybridized carbons (Fsp3) is 0.562. The number of likely N-dealkylation sites (tertiary alicyclic amines) is 1. The lowest BCUT2D eigenvalue weighted by molar-refractivity contribution is 0.123. The molecule has 2 N–H and O–H groups in total. The maximum absolute atomic E-state index is 6.16. The summed E-state index contributed by atoms with van der Waals surface area (Å²) in [5.74, 6) is 0. The number of hydrogen-bond acceptors (Lipinski definition) is 4. The molecular weight excluding hydrogens is 266 g/mol. The summed E-state index contributed by atoms with van der Waals surface area (Å²) in [5, 5.41) is 1.14. The van der Waals surface area contributed by atoms with E-state index in [-0.39, 0.29) is 6.04 Å². The average Bonchev–Trinajstić information content (AvgIpc) is 2.78. The first-order chi connectivity index (χ1) is 9.63. The van der Waals surface area contributed by atoms with Crippen molar-refractivity contribution in [3.8, 4) is 0 Å². The van der Waals surface area contributed by atoms with E-state index in [0.29, 0.717) is 6.04 Å². The molecule has 2 heterocycles. The van der Waals surface area contributed by atoms with Gasteiger partial charge in [-0.25, -0.2) is 4.98 Å². The van der Waals surface area contributed by atoms with Gasteiger partial charge in [-0.15, -0.1) is 11.3 Å². The van der Waals surface area contributed by atoms with Crippen molar-refractivity contribution in [3.05, 3.63) is 28.8 Å². The van der Waals surface area contributed by atoms with Gasteiger partial charge in [-0.1, -0.05) is 12.5 Å². The Balaban J connectivity index is 1.80. The Labute approximate surface area is 124 Å². The number of rotatable bonds is 3. The molecule has 3 rings (SSSR count). The van der Waals surface area contributed by atoms with Gasteiger partial charge in [0.25, 0.3) is 0 Å². The second-order valence-corrected chi connectivity index (χ2v) is 7.16. The van der Waals surface area contributed by atoms with Gasteiger partial charge in [-0.05, 0) is 50.9 Å². The van der Waals surface area contributed by atoms with Gasteiger partial charge in [0.1, 0.15) is 0 Å². The Bertz CT molecular complexity index is 590. The molecule has 1 fully saturated rings. The van der Waals surface area contributed by atoms with E-state index in [9.17, 15) is 0 Å². The fourth-order valence-electron chi connectivity index (χ4n) is 3.23. The predicted molar refractivity (Wildman–Crippen MR) is 86.1 cm³/mol. The highest BCUT2D eigenvalue weighted by Crippen LogP contribution is 2.25. The van der Waals surface area contributed by atoms with Crippen LogP contribution >= 0.6 is 11.3 Å². The van der Waals surface area contributed by atoms with E-state index in [4.69, 9.17) is 5.73 Å². The molecule has 1 aromatic carbocycles. The number of benzene rings is 1. The summed E-state index contributed by atoms with van der Waals surface area (Å²) in [4.78, 5) is 7.09. The molecule has 4 heteroatoms. The first-order valence-electron chi connectivity index (χ1n) is 7.49. The highest BCUT2D eigenvalue weighted by atomic mass is 32.1. The van der Waals surface area contributed by atoms with Crippen molar-refractivity contribution < 1.29 is 0 Å². The van der Waals surface area contributed by atoms with E-state index in [1.165, 1.54) is 36.1 Å². The Hall–Kier alpha value is -0.970. The third-order valence-corrected chi connectivity index (χ3v) is 5.15. The molecule has 2 aromatic rings. The van der Waals surface area contributed by atoms with Crippen molar-refractivity contribution in [3.63, 3.8) is 0 Å². The first kappa shape index (κ1) is 14.0. The molecule has 1 saturated heterocycles. The van der Waals surface area contributed by atoms with Gasteiger partial charge in [0, 0.05) is 18.6 Å². The van der Waals surface area contributed by atoms with Crippen molar-refractivity contribution in [2.75, 3.05) is 6.54 Å². The van der Waals surface area contributed by atoms with E-state index in [0.717, 1.165) is 17.1 Å². The molecule has 0 aliphatic carbocycles. The Morgan fingerprint density at radius 1 is 1.45 bits per heavy atom. The highest BCUT2D eigenvalue weighted by molar-refractivity contribution is 7.18. The second kappa shape index (κ2) is 5.80. The minimum Gasteiger partial charge on any atom is -0.327 e. The van der Waals surface area contributed by atoms with Crippen LogP contribution in [0.2, 0.25) is 0 Å². The van der Waals surface area contributed by atoms with E-state index in [2.05, 4.69) is 41.9 Å². The predicted octanol–water partition coefficient (Wildman–Crippen LogP) is 3.31. The van der Waals surface area contributed by atoms with Gasteiger partial charge in [0.15, 0.2) is 0 Å². The van der Waals surface area contributed by atoms with E-state index in [1.807, 2.05) is 0 Å². The lowest BCUT2D eigenvalue weighted by atomic mass is 9.96. The Kier molecular flexibility index (Phi) is 4.06. The van der Waals surface area contributed by atoms with Gasteiger partial charge in [-0.2, -0.15) is 0 Å². The molecule has 2 atom stereocenters. The Morgan fingerprint density at radius 2 is 2.30 bits per heavy atom. The van der Waals surface area contributed by atoms with Gasteiger partial charge < -0.3 is 5.73 Å². The number of hydrogen-bond donors (Lipinski definition) is 1. The largest absolute Gasteiger partial charge is 0.327 e. The van der Waals surface area contributed by atoms with Crippen LogP contribution in [-0.2, 0) is 6.54 Å². The monoisotopic (exact) mass is 289 g/mol. The molecule has 0 bridgehead atoms. The molecule has 0 spiro atoms. The molecule has 108 valence electrons. The third-order valence-electron chi connectivity index (χ3n) is 4.22. The smallest absolute Gasteiger partial charge is 0.0907 e. The number of nitrogens with zero attached hydrogens (tertiary/aromatic N) is 2. The van der Waals surface area contributed by atoms with Crippen LogP contribution in [0.15, 0.2) is 18.2 Å². The zero-order valence-electron chi connectivity index (χ0n) is 12.3. The van der Waals surface area contributed by atoms with Crippen LogP contribution in [0.1, 0.15) is 36.8 Å². The maximum Gasteiger partial charge on any atom is 0.0907 e. The van der Waals surface area contributed by atoms with Crippen LogP contribution in [0, 0.1) is 6.92 Å². The maximum atomic E-state index is 6.16. The fourth-order valence-corrected chi connectivity index (χ4v) is 4.12. The number of piperidine rings is 1. The average molecular weight is 289 g/mol. The number of nitrogens with two attached hydrogens (primary N) is 1. The molecule has 0 saturated carbocycles. The standard InChI is InChI=1S/C16H23N3S/c1-11(17)15-5-3-4-8-19(15)10-13-6-7-14-16(9-13)20-12(2)18-14/h6-7,9,11,15H,3-5,8,10,17H2,1-2H3. The minimum atomic E-state index is 0.254. The molecule has 3 nitrogen and oxygen atoms in total. The molecule has 2 unspecified atom stereocenters. The van der Waals surface area contributed by atoms with Gasteiger partial charge in [0.2, 0.25) is 0 Å². The zero-order chi connectivity index (χ0) is 14.1. The number of aromatic nitrogens is 1. The topological polar surface area (TPSA) is 42.2 Å². The highest BCUT2D eigenvalue weighted by Gasteiger charge is 2.25. The molecule has 1 aliphatic heterocycles. The van der Waals surface area contributed by atoms with Crippen LogP contribution in [0.3, 0.4) is 0 Å². The van der Waals surface area contributed by atoms with Crippen LogP contribution < -0.4 is 5.73 Å². The van der Waals surface area contributed by atoms with Gasteiger partial charge >= 0.3 is 0 Å². The van der Waals surface area contributed by atoms with E-state index in [1.54, 1.807) is 11.3 Å². The minimum absolute atomic E-state index is 0.254. The quantitative estimate of drug-likeness (QED) is 0.942. The second-order valence-electron chi connectivity index (χ2n) is 5.93. The lowest BCUT2D eigenvalue weighted by Gasteiger charge is -2.38. The van der Waals surface area contributed by atoms with Crippen molar-refractivity contribution in [1.82, 2.24) is 9.88 Å². The Morgan fingerprint density at radius 3 is 3.10 bits per heavy atom. The summed E-state index contributed by atoms with van der Waals surface area (Å²) in [6.45, 7) is 6.39. The molecule has 0 amide bonds. The van der Waals surface area contributed by atoms with Gasteiger partial charge in [-0.3, -0.25) is 4.90 Å². The summed E-state index contributed by atoms with van der Waals surface area (Å²) < 4.78 is 1.30. The number of fused-ring (bicyclic) bond motifs is 1. The van der Waals surface area contributed by atoms with Gasteiger partial charge in [0.05, 0.1) is 15.2 Å². The van der Waals surface area contributed by atoms with Crippen molar-refractivity contribution >= 4 is 21.6 Å². The van der Waals surface area contributed by atoms with Crippen LogP contribution in [0.5, 0.6) is 0 Å². The molecule has 1 aromatic heterocycles. The molecule has 1 aliphatic rings. The molecular formula is C16H23N3S. The summed E-state index contributed by atoms with van der Waals surface area (Å²) in [5.41, 5.74) is 8.66. The van der Waals surface area contributed by atoms with Crippen LogP contribution in [0.25, 0.3) is 10.2 Å². The number of thiazole rings is 1. The summed E-state index contributed by atoms with van der Waals surface area (Å²) in [6.07, 6.45) is 3.85. The van der Waals surface area contributed by atoms with Crippen molar-refractivity contribution in [1.29, 1.82) is 0 Å². The lowest BCUT2D eigenvalue weighted by Crippen LogP contribution is -2.48. The summed E-state index contributed by atoms with van der Waals surface area (Å²) in [7, 11) is 0. The molecule has 0 radical (unpaired) electrons. The first-order valence-corrected chi connectivity index (χ1v) is 8.31. The summed E-state index contributed by atoms with van der Waals surface area (Å²) >= 11 is 1.78. The van der Waals surface area contributed by atoms with E-state index >= 15 is 0 Å². The zero-order valence-corrected chi connectivity index (χ0v) is 13.1. The van der Waals surface area contributed by atoms with Crippen molar-refractivity contribution in [2.45, 2.75) is 51.7 Å². The molecule has 20 heavy (non-hydrogen) atoms. The van der Waals surface area contributed by atoms with Crippen LogP contribution in [-0.4, -0.2) is 28.5 Å². The third kappa shape index (κ3) is 2.87.